The van der Waals surface area contributed by atoms with E-state index >= 15 is 0 Å². The van der Waals surface area contributed by atoms with Crippen molar-refractivity contribution in [2.75, 3.05) is 14.2 Å². The van der Waals surface area contributed by atoms with E-state index in [4.69, 9.17) is 10.5 Å². The molecular weight excluding hydrogens is 264 g/mol. The number of halogens is 1. The Labute approximate surface area is 121 Å². The number of amides is 1. The van der Waals surface area contributed by atoms with Gasteiger partial charge in [0.05, 0.1) is 13.2 Å². The highest BCUT2D eigenvalue weighted by Gasteiger charge is 2.21. The number of para-hydroxylation sites is 1. The Bertz CT molecular complexity index is 410. The van der Waals surface area contributed by atoms with Gasteiger partial charge in [-0.2, -0.15) is 0 Å². The fourth-order valence-electron chi connectivity index (χ4n) is 1.71. The van der Waals surface area contributed by atoms with E-state index in [9.17, 15) is 4.79 Å². The Kier molecular flexibility index (Phi) is 7.49. The van der Waals surface area contributed by atoms with Crippen LogP contribution in [0.15, 0.2) is 24.3 Å². The fraction of sp³-hybridized carbons (Fsp3) is 0.500. The summed E-state index contributed by atoms with van der Waals surface area (Å²) in [7, 11) is 3.39. The van der Waals surface area contributed by atoms with Crippen molar-refractivity contribution in [1.29, 1.82) is 0 Å². The predicted molar refractivity (Wildman–Crippen MR) is 79.5 cm³/mol. The summed E-state index contributed by atoms with van der Waals surface area (Å²) in [6, 6.07) is 7.21. The summed E-state index contributed by atoms with van der Waals surface area (Å²) in [6.45, 7) is 4.39. The first-order valence-electron chi connectivity index (χ1n) is 6.09. The SMILES string of the molecule is COc1ccccc1CN(C)C(=O)C(N)C(C)C.Cl. The number of benzene rings is 1. The Morgan fingerprint density at radius 3 is 2.47 bits per heavy atom. The number of ether oxygens (including phenoxy) is 1. The average Bonchev–Trinajstić information content (AvgIpc) is 2.37. The first-order valence-corrected chi connectivity index (χ1v) is 6.09. The van der Waals surface area contributed by atoms with E-state index < -0.39 is 6.04 Å². The van der Waals surface area contributed by atoms with E-state index in [1.807, 2.05) is 38.1 Å². The number of hydrogen-bond acceptors (Lipinski definition) is 3. The molecule has 1 rings (SSSR count). The minimum Gasteiger partial charge on any atom is -0.496 e. The standard InChI is InChI=1S/C14H22N2O2.ClH/c1-10(2)13(15)14(17)16(3)9-11-7-5-6-8-12(11)18-4;/h5-8,10,13H,9,15H2,1-4H3;1H. The number of likely N-dealkylation sites (N-methyl/N-ethyl adjacent to an activating group) is 1. The van der Waals surface area contributed by atoms with E-state index in [2.05, 4.69) is 0 Å². The zero-order chi connectivity index (χ0) is 13.7. The summed E-state index contributed by atoms with van der Waals surface area (Å²) >= 11 is 0. The van der Waals surface area contributed by atoms with Crippen LogP contribution < -0.4 is 10.5 Å². The lowest BCUT2D eigenvalue weighted by Gasteiger charge is -2.24. The van der Waals surface area contributed by atoms with Crippen LogP contribution in [0.1, 0.15) is 19.4 Å². The zero-order valence-electron chi connectivity index (χ0n) is 11.9. The maximum Gasteiger partial charge on any atom is 0.239 e. The smallest absolute Gasteiger partial charge is 0.239 e. The molecule has 5 heteroatoms. The first-order chi connectivity index (χ1) is 8.47. The molecule has 1 unspecified atom stereocenters. The van der Waals surface area contributed by atoms with Gasteiger partial charge in [-0.1, -0.05) is 32.0 Å². The van der Waals surface area contributed by atoms with Crippen LogP contribution in [0.2, 0.25) is 0 Å². The zero-order valence-corrected chi connectivity index (χ0v) is 12.7. The minimum absolute atomic E-state index is 0. The van der Waals surface area contributed by atoms with Crippen molar-refractivity contribution in [3.63, 3.8) is 0 Å². The van der Waals surface area contributed by atoms with Gasteiger partial charge in [0.2, 0.25) is 5.91 Å². The monoisotopic (exact) mass is 286 g/mol. The molecule has 0 saturated carbocycles. The molecule has 108 valence electrons. The van der Waals surface area contributed by atoms with Crippen molar-refractivity contribution in [3.8, 4) is 5.75 Å². The highest BCUT2D eigenvalue weighted by Crippen LogP contribution is 2.19. The number of carbonyl (C=O) groups is 1. The predicted octanol–water partition coefficient (Wildman–Crippen LogP) is 2.06. The normalized spacial score (nSPS) is 11.7. The lowest BCUT2D eigenvalue weighted by molar-refractivity contribution is -0.132. The number of nitrogens with zero attached hydrogens (tertiary/aromatic N) is 1. The van der Waals surface area contributed by atoms with Gasteiger partial charge < -0.3 is 15.4 Å². The average molecular weight is 287 g/mol. The lowest BCUT2D eigenvalue weighted by atomic mass is 10.0. The van der Waals surface area contributed by atoms with Gasteiger partial charge in [-0.25, -0.2) is 0 Å². The van der Waals surface area contributed by atoms with Gasteiger partial charge in [0.25, 0.3) is 0 Å². The van der Waals surface area contributed by atoms with Crippen molar-refractivity contribution in [2.24, 2.45) is 11.7 Å². The Hall–Kier alpha value is -1.26. The Morgan fingerprint density at radius 1 is 1.37 bits per heavy atom. The molecule has 0 heterocycles. The van der Waals surface area contributed by atoms with Gasteiger partial charge in [-0.3, -0.25) is 4.79 Å². The second kappa shape index (κ2) is 8.02. The van der Waals surface area contributed by atoms with E-state index in [0.29, 0.717) is 6.54 Å². The number of methoxy groups -OCH3 is 1. The highest BCUT2D eigenvalue weighted by atomic mass is 35.5. The topological polar surface area (TPSA) is 55.6 Å². The molecule has 4 nitrogen and oxygen atoms in total. The van der Waals surface area contributed by atoms with Crippen LogP contribution in [-0.2, 0) is 11.3 Å². The van der Waals surface area contributed by atoms with Crippen molar-refractivity contribution >= 4 is 18.3 Å². The Morgan fingerprint density at radius 2 is 1.95 bits per heavy atom. The van der Waals surface area contributed by atoms with Crippen LogP contribution >= 0.6 is 12.4 Å². The molecule has 1 amide bonds. The molecule has 0 radical (unpaired) electrons. The summed E-state index contributed by atoms with van der Waals surface area (Å²) in [5.74, 6) is 0.879. The van der Waals surface area contributed by atoms with E-state index in [1.165, 1.54) is 0 Å². The third kappa shape index (κ3) is 4.73. The molecule has 1 atom stereocenters. The van der Waals surface area contributed by atoms with Crippen molar-refractivity contribution < 1.29 is 9.53 Å². The molecule has 0 spiro atoms. The minimum atomic E-state index is -0.454. The quantitative estimate of drug-likeness (QED) is 0.901. The maximum atomic E-state index is 12.0. The number of hydrogen-bond donors (Lipinski definition) is 1. The molecule has 19 heavy (non-hydrogen) atoms. The lowest BCUT2D eigenvalue weighted by Crippen LogP contribution is -2.44. The highest BCUT2D eigenvalue weighted by molar-refractivity contribution is 5.85. The van der Waals surface area contributed by atoms with Gasteiger partial charge in [0, 0.05) is 19.2 Å². The molecule has 0 aromatic heterocycles. The second-order valence-corrected chi connectivity index (χ2v) is 4.78. The molecule has 1 aromatic carbocycles. The summed E-state index contributed by atoms with van der Waals surface area (Å²) in [5.41, 5.74) is 6.84. The largest absolute Gasteiger partial charge is 0.496 e. The van der Waals surface area contributed by atoms with Crippen LogP contribution in [0.3, 0.4) is 0 Å². The maximum absolute atomic E-state index is 12.0. The molecule has 0 fully saturated rings. The van der Waals surface area contributed by atoms with Crippen LogP contribution in [0.25, 0.3) is 0 Å². The summed E-state index contributed by atoms with van der Waals surface area (Å²) in [6.07, 6.45) is 0. The summed E-state index contributed by atoms with van der Waals surface area (Å²) in [4.78, 5) is 13.7. The second-order valence-electron chi connectivity index (χ2n) is 4.78. The molecule has 0 aliphatic heterocycles. The number of rotatable bonds is 5. The first kappa shape index (κ1) is 17.7. The van der Waals surface area contributed by atoms with Gasteiger partial charge in [-0.05, 0) is 12.0 Å². The van der Waals surface area contributed by atoms with Gasteiger partial charge >= 0.3 is 0 Å². The third-order valence-corrected chi connectivity index (χ3v) is 2.98. The molecule has 0 aliphatic carbocycles. The number of nitrogens with two attached hydrogens (primary N) is 1. The van der Waals surface area contributed by atoms with Crippen molar-refractivity contribution in [1.82, 2.24) is 4.90 Å². The van der Waals surface area contributed by atoms with E-state index in [-0.39, 0.29) is 24.2 Å². The van der Waals surface area contributed by atoms with Crippen LogP contribution in [0, 0.1) is 5.92 Å². The van der Waals surface area contributed by atoms with Crippen molar-refractivity contribution in [3.05, 3.63) is 29.8 Å². The number of carbonyl (C=O) groups excluding carboxylic acids is 1. The third-order valence-electron chi connectivity index (χ3n) is 2.98. The molecule has 2 N–H and O–H groups in total. The molecular formula is C14H23ClN2O2. The Balaban J connectivity index is 0.00000324. The molecule has 0 saturated heterocycles. The summed E-state index contributed by atoms with van der Waals surface area (Å²) < 4.78 is 5.26. The van der Waals surface area contributed by atoms with Gasteiger partial charge in [0.1, 0.15) is 5.75 Å². The van der Waals surface area contributed by atoms with Crippen molar-refractivity contribution in [2.45, 2.75) is 26.4 Å². The van der Waals surface area contributed by atoms with E-state index in [1.54, 1.807) is 19.1 Å². The van der Waals surface area contributed by atoms with Crippen LogP contribution in [0.4, 0.5) is 0 Å². The van der Waals surface area contributed by atoms with Gasteiger partial charge in [0.15, 0.2) is 0 Å². The molecule has 0 aliphatic rings. The fourth-order valence-corrected chi connectivity index (χ4v) is 1.71. The summed E-state index contributed by atoms with van der Waals surface area (Å²) in [5, 5.41) is 0. The van der Waals surface area contributed by atoms with Gasteiger partial charge in [-0.15, -0.1) is 12.4 Å². The molecule has 1 aromatic rings. The van der Waals surface area contributed by atoms with Crippen LogP contribution in [0.5, 0.6) is 5.75 Å². The van der Waals surface area contributed by atoms with Crippen LogP contribution in [-0.4, -0.2) is 31.0 Å². The molecule has 0 bridgehead atoms. The van der Waals surface area contributed by atoms with E-state index in [0.717, 1.165) is 11.3 Å².